The minimum Gasteiger partial charge on any atom is -0.326 e. The molecule has 0 aromatic heterocycles. The minimum atomic E-state index is -0.0660. The maximum atomic E-state index is 12.2. The number of carbonyl (C=O) groups excluding carboxylic acids is 2. The van der Waals surface area contributed by atoms with E-state index in [2.05, 4.69) is 26.1 Å². The summed E-state index contributed by atoms with van der Waals surface area (Å²) < 4.78 is 0. The van der Waals surface area contributed by atoms with Crippen molar-refractivity contribution in [2.45, 2.75) is 45.4 Å². The second-order valence-corrected chi connectivity index (χ2v) is 7.52. The van der Waals surface area contributed by atoms with E-state index in [0.717, 1.165) is 11.4 Å². The average molecular weight is 352 g/mol. The molecule has 138 valence electrons. The van der Waals surface area contributed by atoms with E-state index in [1.165, 1.54) is 5.56 Å². The second kappa shape index (κ2) is 8.65. The summed E-state index contributed by atoms with van der Waals surface area (Å²) in [5.74, 6) is -0.0535. The van der Waals surface area contributed by atoms with E-state index in [9.17, 15) is 9.59 Å². The molecule has 2 aromatic rings. The van der Waals surface area contributed by atoms with Gasteiger partial charge in [0.2, 0.25) is 11.8 Å². The molecule has 2 aromatic carbocycles. The van der Waals surface area contributed by atoms with Crippen LogP contribution in [0.5, 0.6) is 0 Å². The van der Waals surface area contributed by atoms with Crippen LogP contribution in [0.15, 0.2) is 54.6 Å². The number of amides is 2. The second-order valence-electron chi connectivity index (χ2n) is 7.52. The van der Waals surface area contributed by atoms with Gasteiger partial charge in [0.25, 0.3) is 0 Å². The molecule has 0 saturated heterocycles. The first kappa shape index (κ1) is 19.7. The third kappa shape index (κ3) is 5.73. The van der Waals surface area contributed by atoms with Crippen LogP contribution in [0.1, 0.15) is 45.6 Å². The summed E-state index contributed by atoms with van der Waals surface area (Å²) in [6.45, 7) is 6.47. The van der Waals surface area contributed by atoms with Gasteiger partial charge in [-0.2, -0.15) is 0 Å². The van der Waals surface area contributed by atoms with Crippen molar-refractivity contribution in [1.82, 2.24) is 0 Å². The summed E-state index contributed by atoms with van der Waals surface area (Å²) >= 11 is 0. The smallest absolute Gasteiger partial charge is 0.226 e. The van der Waals surface area contributed by atoms with E-state index in [4.69, 9.17) is 0 Å². The standard InChI is InChI=1S/C22H28N2O2/c1-22(2,3)17-13-15-18(16-14-17)23-20(25)11-8-12-21(26)24(4)19-9-6-5-7-10-19/h5-7,9-10,13-16H,8,11-12H2,1-4H3,(H,23,25). The zero-order chi connectivity index (χ0) is 19.2. The van der Waals surface area contributed by atoms with Crippen molar-refractivity contribution in [3.8, 4) is 0 Å². The Balaban J connectivity index is 1.77. The normalized spacial score (nSPS) is 11.1. The van der Waals surface area contributed by atoms with Gasteiger partial charge in [-0.15, -0.1) is 0 Å². The highest BCUT2D eigenvalue weighted by Crippen LogP contribution is 2.23. The summed E-state index contributed by atoms with van der Waals surface area (Å²) in [5.41, 5.74) is 2.97. The van der Waals surface area contributed by atoms with Gasteiger partial charge in [-0.1, -0.05) is 51.1 Å². The lowest BCUT2D eigenvalue weighted by atomic mass is 9.87. The largest absolute Gasteiger partial charge is 0.326 e. The third-order valence-electron chi connectivity index (χ3n) is 4.35. The van der Waals surface area contributed by atoms with Crippen molar-refractivity contribution in [3.05, 3.63) is 60.2 Å². The molecule has 1 N–H and O–H groups in total. The van der Waals surface area contributed by atoms with Crippen LogP contribution < -0.4 is 10.2 Å². The Bertz CT molecular complexity index is 731. The number of nitrogens with one attached hydrogen (secondary N) is 1. The van der Waals surface area contributed by atoms with Crippen LogP contribution in [-0.4, -0.2) is 18.9 Å². The SMILES string of the molecule is CN(C(=O)CCCC(=O)Nc1ccc(C(C)(C)C)cc1)c1ccccc1. The summed E-state index contributed by atoms with van der Waals surface area (Å²) in [6, 6.07) is 17.4. The van der Waals surface area contributed by atoms with Crippen LogP contribution in [0.25, 0.3) is 0 Å². The van der Waals surface area contributed by atoms with Crippen molar-refractivity contribution in [1.29, 1.82) is 0 Å². The molecule has 0 fully saturated rings. The predicted octanol–water partition coefficient (Wildman–Crippen LogP) is 4.76. The third-order valence-corrected chi connectivity index (χ3v) is 4.35. The summed E-state index contributed by atoms with van der Waals surface area (Å²) in [7, 11) is 1.76. The van der Waals surface area contributed by atoms with Crippen LogP contribution in [0.2, 0.25) is 0 Å². The molecule has 0 unspecified atom stereocenters. The molecule has 0 atom stereocenters. The number of anilines is 2. The number of nitrogens with zero attached hydrogens (tertiary/aromatic N) is 1. The molecule has 0 aliphatic rings. The molecule has 4 nitrogen and oxygen atoms in total. The predicted molar refractivity (Wildman–Crippen MR) is 107 cm³/mol. The first-order valence-corrected chi connectivity index (χ1v) is 8.99. The lowest BCUT2D eigenvalue weighted by molar-refractivity contribution is -0.118. The summed E-state index contributed by atoms with van der Waals surface area (Å²) in [4.78, 5) is 25.9. The molecule has 0 bridgehead atoms. The number of hydrogen-bond acceptors (Lipinski definition) is 2. The van der Waals surface area contributed by atoms with Gasteiger partial charge in [0.1, 0.15) is 0 Å². The van der Waals surface area contributed by atoms with Gasteiger partial charge in [-0.25, -0.2) is 0 Å². The summed E-state index contributed by atoms with van der Waals surface area (Å²) in [6.07, 6.45) is 1.21. The topological polar surface area (TPSA) is 49.4 Å². The fourth-order valence-electron chi connectivity index (χ4n) is 2.64. The van der Waals surface area contributed by atoms with E-state index in [-0.39, 0.29) is 17.2 Å². The Kier molecular flexibility index (Phi) is 6.56. The molecule has 0 aliphatic heterocycles. The average Bonchev–Trinajstić information content (AvgIpc) is 2.61. The van der Waals surface area contributed by atoms with E-state index in [0.29, 0.717) is 19.3 Å². The van der Waals surface area contributed by atoms with Crippen LogP contribution in [0.3, 0.4) is 0 Å². The molecule has 0 heterocycles. The Morgan fingerprint density at radius 3 is 2.12 bits per heavy atom. The monoisotopic (exact) mass is 352 g/mol. The highest BCUT2D eigenvalue weighted by atomic mass is 16.2. The zero-order valence-corrected chi connectivity index (χ0v) is 16.1. The van der Waals surface area contributed by atoms with Gasteiger partial charge in [-0.3, -0.25) is 9.59 Å². The zero-order valence-electron chi connectivity index (χ0n) is 16.1. The fraction of sp³-hybridized carbons (Fsp3) is 0.364. The van der Waals surface area contributed by atoms with E-state index >= 15 is 0 Å². The number of carbonyl (C=O) groups is 2. The van der Waals surface area contributed by atoms with Crippen molar-refractivity contribution in [2.24, 2.45) is 0 Å². The molecular weight excluding hydrogens is 324 g/mol. The van der Waals surface area contributed by atoms with E-state index < -0.39 is 0 Å². The van der Waals surface area contributed by atoms with Crippen molar-refractivity contribution >= 4 is 23.2 Å². The van der Waals surface area contributed by atoms with Crippen LogP contribution in [0, 0.1) is 0 Å². The van der Waals surface area contributed by atoms with Gasteiger partial charge in [-0.05, 0) is 41.7 Å². The van der Waals surface area contributed by atoms with Gasteiger partial charge >= 0.3 is 0 Å². The van der Waals surface area contributed by atoms with Crippen molar-refractivity contribution in [2.75, 3.05) is 17.3 Å². The Labute approximate surface area is 156 Å². The van der Waals surface area contributed by atoms with Crippen LogP contribution in [-0.2, 0) is 15.0 Å². The molecule has 2 amide bonds. The first-order valence-electron chi connectivity index (χ1n) is 8.99. The Hall–Kier alpha value is -2.62. The maximum Gasteiger partial charge on any atom is 0.226 e. The number of rotatable bonds is 6. The molecule has 26 heavy (non-hydrogen) atoms. The number of para-hydroxylation sites is 1. The van der Waals surface area contributed by atoms with Crippen LogP contribution >= 0.6 is 0 Å². The molecule has 2 rings (SSSR count). The molecular formula is C22H28N2O2. The molecule has 0 radical (unpaired) electrons. The number of hydrogen-bond donors (Lipinski definition) is 1. The highest BCUT2D eigenvalue weighted by molar-refractivity contribution is 5.94. The molecule has 0 spiro atoms. The lowest BCUT2D eigenvalue weighted by Crippen LogP contribution is -2.26. The highest BCUT2D eigenvalue weighted by Gasteiger charge is 2.14. The lowest BCUT2D eigenvalue weighted by Gasteiger charge is -2.19. The van der Waals surface area contributed by atoms with Gasteiger partial charge < -0.3 is 10.2 Å². The maximum absolute atomic E-state index is 12.2. The fourth-order valence-corrected chi connectivity index (χ4v) is 2.64. The van der Waals surface area contributed by atoms with Gasteiger partial charge in [0, 0.05) is 31.3 Å². The van der Waals surface area contributed by atoms with Crippen molar-refractivity contribution in [3.63, 3.8) is 0 Å². The Morgan fingerprint density at radius 2 is 1.54 bits per heavy atom. The van der Waals surface area contributed by atoms with E-state index in [1.54, 1.807) is 11.9 Å². The number of benzene rings is 2. The molecule has 0 aliphatic carbocycles. The van der Waals surface area contributed by atoms with Gasteiger partial charge in [0.05, 0.1) is 0 Å². The van der Waals surface area contributed by atoms with Crippen molar-refractivity contribution < 1.29 is 9.59 Å². The molecule has 4 heteroatoms. The minimum absolute atomic E-state index is 0.0125. The Morgan fingerprint density at radius 1 is 0.923 bits per heavy atom. The first-order chi connectivity index (χ1) is 12.3. The summed E-state index contributed by atoms with van der Waals surface area (Å²) in [5, 5.41) is 2.89. The van der Waals surface area contributed by atoms with Gasteiger partial charge in [0.15, 0.2) is 0 Å². The quantitative estimate of drug-likeness (QED) is 0.815. The van der Waals surface area contributed by atoms with Crippen LogP contribution in [0.4, 0.5) is 11.4 Å². The molecule has 0 saturated carbocycles. The van der Waals surface area contributed by atoms with E-state index in [1.807, 2.05) is 54.6 Å².